The Labute approximate surface area is 142 Å². The van der Waals surface area contributed by atoms with Crippen molar-refractivity contribution >= 4 is 11.6 Å². The van der Waals surface area contributed by atoms with Gasteiger partial charge in [0.1, 0.15) is 44.6 Å². The van der Waals surface area contributed by atoms with Crippen LogP contribution in [0.5, 0.6) is 0 Å². The molecule has 3 rings (SSSR count). The van der Waals surface area contributed by atoms with E-state index in [0.717, 1.165) is 39.3 Å². The lowest BCUT2D eigenvalue weighted by Crippen LogP contribution is -3.30. The van der Waals surface area contributed by atoms with Gasteiger partial charge in [-0.25, -0.2) is 4.39 Å². The van der Waals surface area contributed by atoms with E-state index in [2.05, 4.69) is 5.32 Å². The summed E-state index contributed by atoms with van der Waals surface area (Å²) in [7, 11) is 0. The molecule has 2 fully saturated rings. The molecule has 2 aliphatic rings. The van der Waals surface area contributed by atoms with E-state index in [9.17, 15) is 9.18 Å². The number of anilines is 1. The number of benzene rings is 1. The van der Waals surface area contributed by atoms with Gasteiger partial charge in [-0.15, -0.1) is 0 Å². The molecule has 0 unspecified atom stereocenters. The van der Waals surface area contributed by atoms with Crippen molar-refractivity contribution in [3.05, 3.63) is 30.1 Å². The zero-order valence-electron chi connectivity index (χ0n) is 14.3. The second-order valence-corrected chi connectivity index (χ2v) is 6.97. The highest BCUT2D eigenvalue weighted by molar-refractivity contribution is 5.93. The summed E-state index contributed by atoms with van der Waals surface area (Å²) in [4.78, 5) is 15.3. The molecular weight excluding hydrogens is 309 g/mol. The van der Waals surface area contributed by atoms with Crippen LogP contribution in [0.3, 0.4) is 0 Å². The fourth-order valence-corrected chi connectivity index (χ4v) is 3.66. The lowest BCUT2D eigenvalue weighted by Gasteiger charge is -2.33. The molecule has 2 aliphatic heterocycles. The predicted molar refractivity (Wildman–Crippen MR) is 89.7 cm³/mol. The fraction of sp³-hybridized carbons (Fsp3) is 0.611. The summed E-state index contributed by atoms with van der Waals surface area (Å²) in [5.74, 6) is -0.295. The van der Waals surface area contributed by atoms with Crippen LogP contribution in [0.25, 0.3) is 0 Å². The quantitative estimate of drug-likeness (QED) is 0.653. The second kappa shape index (κ2) is 8.05. The first-order valence-electron chi connectivity index (χ1n) is 8.98. The first-order chi connectivity index (χ1) is 11.6. The number of hydrogen-bond donors (Lipinski definition) is 3. The minimum Gasteiger partial charge on any atom is -0.372 e. The third-order valence-corrected chi connectivity index (χ3v) is 5.26. The summed E-state index contributed by atoms with van der Waals surface area (Å²) >= 11 is 0. The molecule has 24 heavy (non-hydrogen) atoms. The van der Waals surface area contributed by atoms with Crippen molar-refractivity contribution in [3.8, 4) is 0 Å². The molecule has 0 aliphatic carbocycles. The Bertz CT molecular complexity index is 538. The van der Waals surface area contributed by atoms with Crippen LogP contribution in [0.4, 0.5) is 10.1 Å². The summed E-state index contributed by atoms with van der Waals surface area (Å²) in [6, 6.07) is 5.82. The van der Waals surface area contributed by atoms with Gasteiger partial charge in [0.15, 0.2) is 6.04 Å². The summed E-state index contributed by atoms with van der Waals surface area (Å²) in [6.07, 6.45) is 2.81. The average molecular weight is 337 g/mol. The van der Waals surface area contributed by atoms with Gasteiger partial charge in [-0.3, -0.25) is 4.79 Å². The SMILES string of the molecule is C[C@@H](C(=O)Nc1ccc(F)cc1)[NH+]1CC[NH+](C[C@H]2CCCO2)CC1. The van der Waals surface area contributed by atoms with Gasteiger partial charge >= 0.3 is 0 Å². The second-order valence-electron chi connectivity index (χ2n) is 6.97. The highest BCUT2D eigenvalue weighted by atomic mass is 19.1. The zero-order valence-corrected chi connectivity index (χ0v) is 14.3. The van der Waals surface area contributed by atoms with Crippen molar-refractivity contribution in [1.29, 1.82) is 0 Å². The van der Waals surface area contributed by atoms with E-state index >= 15 is 0 Å². The molecule has 0 saturated carbocycles. The van der Waals surface area contributed by atoms with E-state index in [1.165, 1.54) is 29.9 Å². The van der Waals surface area contributed by atoms with E-state index in [0.29, 0.717) is 11.8 Å². The number of ether oxygens (including phenoxy) is 1. The van der Waals surface area contributed by atoms with Gasteiger partial charge in [0.2, 0.25) is 0 Å². The zero-order chi connectivity index (χ0) is 16.9. The van der Waals surface area contributed by atoms with Crippen LogP contribution in [0.1, 0.15) is 19.8 Å². The maximum Gasteiger partial charge on any atom is 0.282 e. The van der Waals surface area contributed by atoms with Crippen molar-refractivity contribution < 1.29 is 23.7 Å². The third kappa shape index (κ3) is 4.53. The molecule has 2 saturated heterocycles. The van der Waals surface area contributed by atoms with Gasteiger partial charge in [-0.2, -0.15) is 0 Å². The highest BCUT2D eigenvalue weighted by Gasteiger charge is 2.32. The van der Waals surface area contributed by atoms with E-state index in [-0.39, 0.29) is 17.8 Å². The molecule has 132 valence electrons. The fourth-order valence-electron chi connectivity index (χ4n) is 3.66. The van der Waals surface area contributed by atoms with E-state index in [4.69, 9.17) is 4.74 Å². The van der Waals surface area contributed by atoms with Gasteiger partial charge in [-0.1, -0.05) is 0 Å². The lowest BCUT2D eigenvalue weighted by atomic mass is 10.2. The molecule has 6 heteroatoms. The van der Waals surface area contributed by atoms with Crippen molar-refractivity contribution in [2.45, 2.75) is 31.9 Å². The number of nitrogens with one attached hydrogen (secondary N) is 3. The molecule has 0 spiro atoms. The van der Waals surface area contributed by atoms with Crippen molar-refractivity contribution in [2.24, 2.45) is 0 Å². The van der Waals surface area contributed by atoms with Gasteiger partial charge < -0.3 is 19.9 Å². The van der Waals surface area contributed by atoms with Crippen LogP contribution in [0.2, 0.25) is 0 Å². The van der Waals surface area contributed by atoms with Gasteiger partial charge in [-0.05, 0) is 44.0 Å². The Morgan fingerprint density at radius 3 is 2.62 bits per heavy atom. The molecule has 5 nitrogen and oxygen atoms in total. The smallest absolute Gasteiger partial charge is 0.282 e. The molecular formula is C18H28FN3O2+2. The molecule has 0 radical (unpaired) electrons. The average Bonchev–Trinajstić information content (AvgIpc) is 3.10. The number of halogens is 1. The first-order valence-corrected chi connectivity index (χ1v) is 8.98. The standard InChI is InChI=1S/C18H26FN3O2/c1-14(18(23)20-16-6-4-15(19)5-7-16)22-10-8-21(9-11-22)13-17-3-2-12-24-17/h4-7,14,17H,2-3,8-13H2,1H3,(H,20,23)/p+2/t14-,17+/m0/s1. The molecule has 1 aromatic rings. The number of amides is 1. The number of quaternary nitrogens is 2. The Hall–Kier alpha value is -1.50. The van der Waals surface area contributed by atoms with Crippen LogP contribution < -0.4 is 15.1 Å². The molecule has 2 atom stereocenters. The predicted octanol–water partition coefficient (Wildman–Crippen LogP) is -0.885. The number of hydrogen-bond acceptors (Lipinski definition) is 2. The third-order valence-electron chi connectivity index (χ3n) is 5.26. The Kier molecular flexibility index (Phi) is 5.81. The minimum atomic E-state index is -0.294. The van der Waals surface area contributed by atoms with Gasteiger partial charge in [0, 0.05) is 12.3 Å². The van der Waals surface area contributed by atoms with Crippen molar-refractivity contribution in [2.75, 3.05) is 44.6 Å². The van der Waals surface area contributed by atoms with Crippen LogP contribution in [-0.2, 0) is 9.53 Å². The molecule has 3 N–H and O–H groups in total. The molecule has 2 heterocycles. The van der Waals surface area contributed by atoms with Crippen LogP contribution in [0.15, 0.2) is 24.3 Å². The molecule has 0 bridgehead atoms. The largest absolute Gasteiger partial charge is 0.372 e. The number of carbonyl (C=O) groups is 1. The summed E-state index contributed by atoms with van der Waals surface area (Å²) in [6.45, 7) is 8.16. The van der Waals surface area contributed by atoms with E-state index in [1.807, 2.05) is 6.92 Å². The Balaban J connectivity index is 1.44. The van der Waals surface area contributed by atoms with Gasteiger partial charge in [0.05, 0.1) is 0 Å². The van der Waals surface area contributed by atoms with E-state index in [1.54, 1.807) is 17.0 Å². The molecule has 1 amide bonds. The van der Waals surface area contributed by atoms with Crippen molar-refractivity contribution in [3.63, 3.8) is 0 Å². The monoisotopic (exact) mass is 337 g/mol. The van der Waals surface area contributed by atoms with Crippen LogP contribution in [-0.4, -0.2) is 57.4 Å². The number of carbonyl (C=O) groups excluding carboxylic acids is 1. The number of rotatable bonds is 5. The normalized spacial score (nSPS) is 28.5. The molecule has 0 aromatic heterocycles. The van der Waals surface area contributed by atoms with Crippen molar-refractivity contribution in [1.82, 2.24) is 0 Å². The summed E-state index contributed by atoms with van der Waals surface area (Å²) in [5, 5.41) is 2.88. The minimum absolute atomic E-state index is 0.000755. The summed E-state index contributed by atoms with van der Waals surface area (Å²) in [5.41, 5.74) is 0.648. The van der Waals surface area contributed by atoms with Gasteiger partial charge in [0.25, 0.3) is 5.91 Å². The maximum absolute atomic E-state index is 12.9. The molecule has 1 aromatic carbocycles. The first kappa shape index (κ1) is 17.3. The highest BCUT2D eigenvalue weighted by Crippen LogP contribution is 2.09. The maximum atomic E-state index is 12.9. The van der Waals surface area contributed by atoms with E-state index < -0.39 is 0 Å². The topological polar surface area (TPSA) is 47.2 Å². The Morgan fingerprint density at radius 2 is 2.00 bits per heavy atom. The van der Waals surface area contributed by atoms with Crippen LogP contribution >= 0.6 is 0 Å². The Morgan fingerprint density at radius 1 is 1.29 bits per heavy atom. The summed E-state index contributed by atoms with van der Waals surface area (Å²) < 4.78 is 18.7. The number of piperazine rings is 1. The lowest BCUT2D eigenvalue weighted by molar-refractivity contribution is -1.02. The van der Waals surface area contributed by atoms with Crippen LogP contribution in [0, 0.1) is 5.82 Å².